The Balaban J connectivity index is 2.01. The summed E-state index contributed by atoms with van der Waals surface area (Å²) in [5, 5.41) is 10.1. The molecule has 168 valence electrons. The first-order chi connectivity index (χ1) is 15.9. The number of benzene rings is 2. The van der Waals surface area contributed by atoms with E-state index in [0.29, 0.717) is 17.7 Å². The smallest absolute Gasteiger partial charge is 0.355 e. The molecule has 0 aromatic heterocycles. The number of methoxy groups -OCH3 is 2. The van der Waals surface area contributed by atoms with Gasteiger partial charge in [0.1, 0.15) is 23.4 Å². The molecule has 2 atom stereocenters. The molecule has 2 unspecified atom stereocenters. The molecule has 33 heavy (non-hydrogen) atoms. The molecule has 0 bridgehead atoms. The number of hydrogen-bond donors (Lipinski definition) is 1. The topological polar surface area (TPSA) is 115 Å². The van der Waals surface area contributed by atoms with Gasteiger partial charge in [-0.1, -0.05) is 30.3 Å². The summed E-state index contributed by atoms with van der Waals surface area (Å²) in [5.74, 6) is -1.66. The summed E-state index contributed by atoms with van der Waals surface area (Å²) < 4.78 is 15.9. The van der Waals surface area contributed by atoms with Crippen molar-refractivity contribution in [1.29, 1.82) is 5.26 Å². The molecule has 2 aromatic carbocycles. The van der Waals surface area contributed by atoms with Crippen LogP contribution in [0.1, 0.15) is 24.0 Å². The lowest BCUT2D eigenvalue weighted by Crippen LogP contribution is -2.40. The maximum atomic E-state index is 13.1. The minimum atomic E-state index is -0.896. The Morgan fingerprint density at radius 2 is 1.82 bits per heavy atom. The van der Waals surface area contributed by atoms with Crippen molar-refractivity contribution in [2.75, 3.05) is 19.1 Å². The zero-order valence-electron chi connectivity index (χ0n) is 18.5. The van der Waals surface area contributed by atoms with Crippen molar-refractivity contribution < 1.29 is 23.8 Å². The number of hydrogen-bond acceptors (Lipinski definition) is 8. The van der Waals surface area contributed by atoms with Crippen LogP contribution in [0.15, 0.2) is 71.2 Å². The molecular weight excluding hydrogens is 422 g/mol. The van der Waals surface area contributed by atoms with Crippen LogP contribution in [0.4, 0.5) is 5.69 Å². The van der Waals surface area contributed by atoms with Crippen molar-refractivity contribution in [2.24, 2.45) is 5.73 Å². The predicted molar refractivity (Wildman–Crippen MR) is 120 cm³/mol. The Hall–Kier alpha value is -4.25. The summed E-state index contributed by atoms with van der Waals surface area (Å²) in [6.07, 6.45) is 0.697. The largest absolute Gasteiger partial charge is 0.490 e. The molecule has 0 fully saturated rings. The van der Waals surface area contributed by atoms with Gasteiger partial charge in [-0.3, -0.25) is 4.90 Å². The minimum absolute atomic E-state index is 0.0166. The Morgan fingerprint density at radius 1 is 1.12 bits per heavy atom. The van der Waals surface area contributed by atoms with E-state index in [1.165, 1.54) is 19.1 Å². The third-order valence-electron chi connectivity index (χ3n) is 5.75. The molecule has 2 aromatic rings. The number of nitriles is 1. The number of esters is 2. The second-order valence-corrected chi connectivity index (χ2v) is 7.76. The van der Waals surface area contributed by atoms with Gasteiger partial charge in [0.25, 0.3) is 0 Å². The van der Waals surface area contributed by atoms with Crippen molar-refractivity contribution in [3.05, 3.63) is 82.3 Å². The second kappa shape index (κ2) is 8.71. The molecule has 2 N–H and O–H groups in total. The molecule has 8 nitrogen and oxygen atoms in total. The van der Waals surface area contributed by atoms with E-state index < -0.39 is 17.9 Å². The number of fused-ring (bicyclic) bond motifs is 1. The van der Waals surface area contributed by atoms with Gasteiger partial charge in [0.15, 0.2) is 0 Å². The monoisotopic (exact) mass is 445 g/mol. The highest BCUT2D eigenvalue weighted by molar-refractivity contribution is 6.06. The van der Waals surface area contributed by atoms with Crippen molar-refractivity contribution in [1.82, 2.24) is 0 Å². The SMILES string of the molecule is COC(=O)C1=C(C(=O)OC)N(c2ccc3c(c2)CC(C)O3)C(N)=C(C#N)C1c1ccccc1. The number of allylic oxidation sites excluding steroid dienone is 1. The highest BCUT2D eigenvalue weighted by Gasteiger charge is 2.43. The van der Waals surface area contributed by atoms with Gasteiger partial charge in [0.2, 0.25) is 0 Å². The Labute approximate surface area is 191 Å². The first-order valence-corrected chi connectivity index (χ1v) is 10.4. The van der Waals surface area contributed by atoms with Crippen LogP contribution in [0.5, 0.6) is 5.75 Å². The number of carbonyl (C=O) groups excluding carboxylic acids is 2. The van der Waals surface area contributed by atoms with E-state index in [2.05, 4.69) is 6.07 Å². The average molecular weight is 445 g/mol. The van der Waals surface area contributed by atoms with Crippen LogP contribution in [0.3, 0.4) is 0 Å². The third kappa shape index (κ3) is 3.68. The van der Waals surface area contributed by atoms with Crippen LogP contribution < -0.4 is 15.4 Å². The van der Waals surface area contributed by atoms with Gasteiger partial charge in [0.05, 0.1) is 37.4 Å². The van der Waals surface area contributed by atoms with Gasteiger partial charge in [-0.05, 0) is 36.2 Å². The lowest BCUT2D eigenvalue weighted by atomic mass is 9.81. The first kappa shape index (κ1) is 22.0. The quantitative estimate of drug-likeness (QED) is 0.715. The zero-order chi connectivity index (χ0) is 23.7. The molecule has 2 heterocycles. The Bertz CT molecular complexity index is 1230. The summed E-state index contributed by atoms with van der Waals surface area (Å²) in [6, 6.07) is 16.4. The number of anilines is 1. The molecule has 2 aliphatic heterocycles. The fraction of sp³-hybridized carbons (Fsp3) is 0.240. The summed E-state index contributed by atoms with van der Waals surface area (Å²) in [5.41, 5.74) is 8.57. The number of nitrogens with two attached hydrogens (primary N) is 1. The maximum absolute atomic E-state index is 13.1. The van der Waals surface area contributed by atoms with E-state index in [0.717, 1.165) is 11.3 Å². The highest BCUT2D eigenvalue weighted by Crippen LogP contribution is 2.44. The van der Waals surface area contributed by atoms with Gasteiger partial charge in [-0.25, -0.2) is 9.59 Å². The molecule has 4 rings (SSSR count). The lowest BCUT2D eigenvalue weighted by Gasteiger charge is -2.36. The van der Waals surface area contributed by atoms with Crippen LogP contribution in [0.2, 0.25) is 0 Å². The second-order valence-electron chi connectivity index (χ2n) is 7.76. The summed E-state index contributed by atoms with van der Waals surface area (Å²) in [7, 11) is 2.44. The maximum Gasteiger partial charge on any atom is 0.355 e. The van der Waals surface area contributed by atoms with Crippen LogP contribution >= 0.6 is 0 Å². The van der Waals surface area contributed by atoms with Crippen molar-refractivity contribution in [2.45, 2.75) is 25.4 Å². The summed E-state index contributed by atoms with van der Waals surface area (Å²) in [4.78, 5) is 27.5. The molecule has 0 saturated heterocycles. The van der Waals surface area contributed by atoms with E-state index in [-0.39, 0.29) is 28.8 Å². The van der Waals surface area contributed by atoms with E-state index in [1.54, 1.807) is 36.4 Å². The van der Waals surface area contributed by atoms with Crippen LogP contribution in [0.25, 0.3) is 0 Å². The molecule has 0 spiro atoms. The third-order valence-corrected chi connectivity index (χ3v) is 5.75. The van der Waals surface area contributed by atoms with E-state index >= 15 is 0 Å². The normalized spacial score (nSPS) is 19.5. The van der Waals surface area contributed by atoms with E-state index in [4.69, 9.17) is 19.9 Å². The Morgan fingerprint density at radius 3 is 2.45 bits per heavy atom. The number of ether oxygens (including phenoxy) is 3. The molecule has 8 heteroatoms. The molecular formula is C25H23N3O5. The van der Waals surface area contributed by atoms with Crippen LogP contribution in [0, 0.1) is 11.3 Å². The number of nitrogens with zero attached hydrogens (tertiary/aromatic N) is 2. The highest BCUT2D eigenvalue weighted by atomic mass is 16.5. The van der Waals surface area contributed by atoms with Crippen LogP contribution in [-0.4, -0.2) is 32.3 Å². The molecule has 0 saturated carbocycles. The zero-order valence-corrected chi connectivity index (χ0v) is 18.5. The average Bonchev–Trinajstić information content (AvgIpc) is 3.21. The van der Waals surface area contributed by atoms with Crippen molar-refractivity contribution >= 4 is 17.6 Å². The van der Waals surface area contributed by atoms with Gasteiger partial charge >= 0.3 is 11.9 Å². The van der Waals surface area contributed by atoms with Gasteiger partial charge in [-0.15, -0.1) is 0 Å². The van der Waals surface area contributed by atoms with E-state index in [9.17, 15) is 14.9 Å². The lowest BCUT2D eigenvalue weighted by molar-refractivity contribution is -0.139. The molecule has 2 aliphatic rings. The predicted octanol–water partition coefficient (Wildman–Crippen LogP) is 2.91. The van der Waals surface area contributed by atoms with Crippen LogP contribution in [-0.2, 0) is 25.5 Å². The fourth-order valence-corrected chi connectivity index (χ4v) is 4.33. The number of carbonyl (C=O) groups is 2. The first-order valence-electron chi connectivity index (χ1n) is 10.4. The van der Waals surface area contributed by atoms with Crippen molar-refractivity contribution in [3.63, 3.8) is 0 Å². The van der Waals surface area contributed by atoms with Crippen molar-refractivity contribution in [3.8, 4) is 11.8 Å². The molecule has 0 radical (unpaired) electrons. The Kier molecular flexibility index (Phi) is 5.80. The van der Waals surface area contributed by atoms with E-state index in [1.807, 2.05) is 19.1 Å². The van der Waals surface area contributed by atoms with Gasteiger partial charge in [0, 0.05) is 12.1 Å². The number of rotatable bonds is 4. The van der Waals surface area contributed by atoms with Gasteiger partial charge < -0.3 is 19.9 Å². The standard InChI is InChI=1S/C25H23N3O5/c1-14-11-16-12-17(9-10-19(16)33-14)28-22(25(30)32-3)21(24(29)31-2)20(18(13-26)23(28)27)15-7-5-4-6-8-15/h4-10,12,14,20H,11,27H2,1-3H3. The minimum Gasteiger partial charge on any atom is -0.490 e. The summed E-state index contributed by atoms with van der Waals surface area (Å²) >= 11 is 0. The fourth-order valence-electron chi connectivity index (χ4n) is 4.33. The summed E-state index contributed by atoms with van der Waals surface area (Å²) in [6.45, 7) is 1.96. The molecule has 0 amide bonds. The molecule has 0 aliphatic carbocycles. The van der Waals surface area contributed by atoms with Gasteiger partial charge in [-0.2, -0.15) is 5.26 Å².